The molecule has 3 rings (SSSR count). The van der Waals surface area contributed by atoms with Crippen molar-refractivity contribution in [2.45, 2.75) is 0 Å². The van der Waals surface area contributed by atoms with E-state index in [0.29, 0.717) is 0 Å². The van der Waals surface area contributed by atoms with Gasteiger partial charge in [-0.2, -0.15) is 0 Å². The van der Waals surface area contributed by atoms with E-state index in [9.17, 15) is 4.79 Å². The van der Waals surface area contributed by atoms with E-state index in [4.69, 9.17) is 0 Å². The lowest BCUT2D eigenvalue weighted by molar-refractivity contribution is 0.103. The summed E-state index contributed by atoms with van der Waals surface area (Å²) in [7, 11) is 0. The maximum absolute atomic E-state index is 12.2. The first-order valence-corrected chi connectivity index (χ1v) is 6.96. The molecular formula is C17H12OS. The van der Waals surface area contributed by atoms with Gasteiger partial charge in [-0.15, -0.1) is 11.3 Å². The van der Waals surface area contributed by atoms with Gasteiger partial charge < -0.3 is 0 Å². The van der Waals surface area contributed by atoms with Gasteiger partial charge in [0.25, 0.3) is 0 Å². The molecule has 0 aliphatic carbocycles. The Morgan fingerprint density at radius 2 is 1.42 bits per heavy atom. The highest BCUT2D eigenvalue weighted by Gasteiger charge is 2.08. The Kier molecular flexibility index (Phi) is 3.25. The number of carbonyl (C=O) groups is 1. The van der Waals surface area contributed by atoms with E-state index < -0.39 is 0 Å². The highest BCUT2D eigenvalue weighted by Crippen LogP contribution is 2.25. The van der Waals surface area contributed by atoms with Gasteiger partial charge in [0.15, 0.2) is 5.78 Å². The molecule has 0 saturated carbocycles. The Labute approximate surface area is 116 Å². The topological polar surface area (TPSA) is 17.1 Å². The fraction of sp³-hybridized carbons (Fsp3) is 0. The van der Waals surface area contributed by atoms with E-state index in [1.807, 2.05) is 60.7 Å². The minimum Gasteiger partial charge on any atom is -0.289 e. The normalized spacial score (nSPS) is 10.3. The van der Waals surface area contributed by atoms with Crippen molar-refractivity contribution in [1.29, 1.82) is 0 Å². The van der Waals surface area contributed by atoms with E-state index in [0.717, 1.165) is 16.7 Å². The van der Waals surface area contributed by atoms with Crippen molar-refractivity contribution in [3.63, 3.8) is 0 Å². The van der Waals surface area contributed by atoms with Crippen LogP contribution in [0.15, 0.2) is 72.1 Å². The lowest BCUT2D eigenvalue weighted by Gasteiger charge is -2.02. The Balaban J connectivity index is 1.89. The number of thiophene rings is 1. The molecular weight excluding hydrogens is 252 g/mol. The Morgan fingerprint density at radius 1 is 0.737 bits per heavy atom. The fourth-order valence-corrected chi connectivity index (χ4v) is 2.72. The molecule has 0 N–H and O–H groups in total. The predicted molar refractivity (Wildman–Crippen MR) is 79.6 cm³/mol. The first-order chi connectivity index (χ1) is 9.34. The summed E-state index contributed by atoms with van der Waals surface area (Å²) in [5, 5.41) is 2.05. The second-order valence-corrected chi connectivity index (χ2v) is 5.20. The first kappa shape index (κ1) is 11.9. The number of carbonyl (C=O) groups excluding carboxylic acids is 1. The van der Waals surface area contributed by atoms with Crippen LogP contribution in [0, 0.1) is 0 Å². The van der Waals surface area contributed by atoms with E-state index in [-0.39, 0.29) is 5.78 Å². The monoisotopic (exact) mass is 264 g/mol. The number of benzene rings is 2. The van der Waals surface area contributed by atoms with Crippen LogP contribution in [0.2, 0.25) is 0 Å². The minimum absolute atomic E-state index is 0.0679. The molecule has 1 aromatic heterocycles. The van der Waals surface area contributed by atoms with Crippen LogP contribution in [0.1, 0.15) is 15.9 Å². The zero-order chi connectivity index (χ0) is 13.1. The minimum atomic E-state index is 0.0679. The summed E-state index contributed by atoms with van der Waals surface area (Å²) >= 11 is 1.70. The average molecular weight is 264 g/mol. The Morgan fingerprint density at radius 3 is 2.05 bits per heavy atom. The van der Waals surface area contributed by atoms with Crippen molar-refractivity contribution < 1.29 is 4.79 Å². The molecule has 3 aromatic rings. The number of hydrogen-bond acceptors (Lipinski definition) is 2. The SMILES string of the molecule is O=C(c1ccccc1)c1ccc(-c2cccs2)cc1. The maximum atomic E-state index is 12.2. The summed E-state index contributed by atoms with van der Waals surface area (Å²) in [4.78, 5) is 13.5. The van der Waals surface area contributed by atoms with Crippen molar-refractivity contribution in [3.8, 4) is 10.4 Å². The van der Waals surface area contributed by atoms with E-state index in [2.05, 4.69) is 11.4 Å². The molecule has 1 nitrogen and oxygen atoms in total. The van der Waals surface area contributed by atoms with Crippen LogP contribution >= 0.6 is 11.3 Å². The third-order valence-corrected chi connectivity index (χ3v) is 3.91. The summed E-state index contributed by atoms with van der Waals surface area (Å²) in [5.41, 5.74) is 2.61. The smallest absolute Gasteiger partial charge is 0.193 e. The van der Waals surface area contributed by atoms with Crippen LogP contribution in [0.25, 0.3) is 10.4 Å². The molecule has 0 spiro atoms. The molecule has 0 saturated heterocycles. The third kappa shape index (κ3) is 2.49. The second kappa shape index (κ2) is 5.21. The van der Waals surface area contributed by atoms with Crippen molar-refractivity contribution in [1.82, 2.24) is 0 Å². The standard InChI is InChI=1S/C17H12OS/c18-17(14-5-2-1-3-6-14)15-10-8-13(9-11-15)16-7-4-12-19-16/h1-12H. The summed E-state index contributed by atoms with van der Waals surface area (Å²) in [6.45, 7) is 0. The molecule has 0 unspecified atom stereocenters. The molecule has 0 aliphatic heterocycles. The van der Waals surface area contributed by atoms with Crippen LogP contribution in [0.5, 0.6) is 0 Å². The molecule has 0 atom stereocenters. The van der Waals surface area contributed by atoms with Gasteiger partial charge in [-0.25, -0.2) is 0 Å². The van der Waals surface area contributed by atoms with Gasteiger partial charge in [-0.3, -0.25) is 4.79 Å². The van der Waals surface area contributed by atoms with Crippen LogP contribution in [0.4, 0.5) is 0 Å². The van der Waals surface area contributed by atoms with Gasteiger partial charge in [0.1, 0.15) is 0 Å². The molecule has 0 radical (unpaired) electrons. The quantitative estimate of drug-likeness (QED) is 0.629. The Hall–Kier alpha value is -2.19. The predicted octanol–water partition coefficient (Wildman–Crippen LogP) is 4.65. The van der Waals surface area contributed by atoms with Gasteiger partial charge >= 0.3 is 0 Å². The third-order valence-electron chi connectivity index (χ3n) is 2.99. The number of hydrogen-bond donors (Lipinski definition) is 0. The van der Waals surface area contributed by atoms with Crippen LogP contribution < -0.4 is 0 Å². The molecule has 0 fully saturated rings. The number of rotatable bonds is 3. The highest BCUT2D eigenvalue weighted by atomic mass is 32.1. The van der Waals surface area contributed by atoms with Crippen molar-refractivity contribution in [2.75, 3.05) is 0 Å². The first-order valence-electron chi connectivity index (χ1n) is 6.08. The van der Waals surface area contributed by atoms with Gasteiger partial charge in [0, 0.05) is 16.0 Å². The van der Waals surface area contributed by atoms with Crippen molar-refractivity contribution in [3.05, 3.63) is 83.2 Å². The molecule has 1 heterocycles. The van der Waals surface area contributed by atoms with E-state index in [1.165, 1.54) is 4.88 Å². The van der Waals surface area contributed by atoms with Gasteiger partial charge in [-0.05, 0) is 17.0 Å². The van der Waals surface area contributed by atoms with Gasteiger partial charge in [0.2, 0.25) is 0 Å². The zero-order valence-electron chi connectivity index (χ0n) is 10.2. The van der Waals surface area contributed by atoms with E-state index in [1.54, 1.807) is 11.3 Å². The summed E-state index contributed by atoms with van der Waals surface area (Å²) < 4.78 is 0. The molecule has 0 amide bonds. The lowest BCUT2D eigenvalue weighted by atomic mass is 10.0. The van der Waals surface area contributed by atoms with Crippen molar-refractivity contribution >= 4 is 17.1 Å². The van der Waals surface area contributed by atoms with Crippen molar-refractivity contribution in [2.24, 2.45) is 0 Å². The molecule has 0 bridgehead atoms. The largest absolute Gasteiger partial charge is 0.289 e. The molecule has 92 valence electrons. The molecule has 19 heavy (non-hydrogen) atoms. The average Bonchev–Trinajstić information content (AvgIpc) is 3.02. The van der Waals surface area contributed by atoms with Crippen LogP contribution in [-0.4, -0.2) is 5.78 Å². The number of ketones is 1. The molecule has 2 aromatic carbocycles. The van der Waals surface area contributed by atoms with E-state index >= 15 is 0 Å². The molecule has 2 heteroatoms. The Bertz CT molecular complexity index is 667. The molecule has 0 aliphatic rings. The van der Waals surface area contributed by atoms with Gasteiger partial charge in [-0.1, -0.05) is 60.7 Å². The second-order valence-electron chi connectivity index (χ2n) is 4.25. The van der Waals surface area contributed by atoms with Crippen LogP contribution in [-0.2, 0) is 0 Å². The lowest BCUT2D eigenvalue weighted by Crippen LogP contribution is -2.00. The summed E-state index contributed by atoms with van der Waals surface area (Å²) in [6.07, 6.45) is 0. The maximum Gasteiger partial charge on any atom is 0.193 e. The zero-order valence-corrected chi connectivity index (χ0v) is 11.1. The summed E-state index contributed by atoms with van der Waals surface area (Å²) in [6, 6.07) is 21.3. The highest BCUT2D eigenvalue weighted by molar-refractivity contribution is 7.13. The fourth-order valence-electron chi connectivity index (χ4n) is 1.98. The van der Waals surface area contributed by atoms with Gasteiger partial charge in [0.05, 0.1) is 0 Å². The van der Waals surface area contributed by atoms with Crippen LogP contribution in [0.3, 0.4) is 0 Å². The summed E-state index contributed by atoms with van der Waals surface area (Å²) in [5.74, 6) is 0.0679.